The summed E-state index contributed by atoms with van der Waals surface area (Å²) in [5.41, 5.74) is -2.04. The molecule has 2 N–H and O–H groups in total. The smallest absolute Gasteiger partial charge is 0.301 e. The van der Waals surface area contributed by atoms with Crippen LogP contribution in [0.5, 0.6) is 0 Å². The second-order valence-electron chi connectivity index (χ2n) is 3.55. The molecule has 2 aromatic rings. The number of hydrogen-bond acceptors (Lipinski definition) is 5. The Labute approximate surface area is 105 Å². The predicted octanol–water partition coefficient (Wildman–Crippen LogP) is 0.537. The normalized spacial score (nSPS) is 10.7. The Morgan fingerprint density at radius 1 is 1.26 bits per heavy atom. The molecule has 0 atom stereocenters. The van der Waals surface area contributed by atoms with Crippen molar-refractivity contribution in [1.29, 1.82) is 0 Å². The van der Waals surface area contributed by atoms with E-state index in [1.54, 1.807) is 23.3 Å². The van der Waals surface area contributed by atoms with Gasteiger partial charge < -0.3 is 4.98 Å². The van der Waals surface area contributed by atoms with E-state index < -0.39 is 21.9 Å². The van der Waals surface area contributed by atoms with Crippen molar-refractivity contribution < 1.29 is 4.92 Å². The summed E-state index contributed by atoms with van der Waals surface area (Å²) in [6.07, 6.45) is 5.90. The highest BCUT2D eigenvalue weighted by molar-refractivity contribution is 5.71. The lowest BCUT2D eigenvalue weighted by Crippen LogP contribution is -2.25. The zero-order valence-corrected chi connectivity index (χ0v) is 9.49. The van der Waals surface area contributed by atoms with Gasteiger partial charge in [-0.15, -0.1) is 0 Å². The Bertz CT molecular complexity index is 745. The average molecular weight is 260 g/mol. The van der Waals surface area contributed by atoms with E-state index >= 15 is 0 Å². The Morgan fingerprint density at radius 3 is 2.68 bits per heavy atom. The van der Waals surface area contributed by atoms with Crippen LogP contribution in [0.25, 0.3) is 12.2 Å². The standard InChI is InChI=1S/C11H8N4O4/c16-10-9(15(18)19)8(13-11(17)14-10)4-3-7-2-1-5-12-6-7/h1-6H,(H2,13,14,16,17)/b4-3+. The topological polar surface area (TPSA) is 122 Å². The van der Waals surface area contributed by atoms with Gasteiger partial charge in [-0.05, 0) is 17.7 Å². The predicted molar refractivity (Wildman–Crippen MR) is 67.5 cm³/mol. The zero-order valence-electron chi connectivity index (χ0n) is 9.49. The van der Waals surface area contributed by atoms with Gasteiger partial charge in [-0.2, -0.15) is 0 Å². The minimum Gasteiger partial charge on any atom is -0.301 e. The van der Waals surface area contributed by atoms with Gasteiger partial charge in [0.1, 0.15) is 5.69 Å². The van der Waals surface area contributed by atoms with Crippen LogP contribution in [-0.2, 0) is 0 Å². The second-order valence-corrected chi connectivity index (χ2v) is 3.55. The third-order valence-corrected chi connectivity index (χ3v) is 2.25. The highest BCUT2D eigenvalue weighted by Gasteiger charge is 2.18. The molecule has 96 valence electrons. The van der Waals surface area contributed by atoms with E-state index in [0.29, 0.717) is 5.56 Å². The van der Waals surface area contributed by atoms with Crippen molar-refractivity contribution in [2.75, 3.05) is 0 Å². The number of H-pyrrole nitrogens is 2. The summed E-state index contributed by atoms with van der Waals surface area (Å²) in [5, 5.41) is 10.8. The van der Waals surface area contributed by atoms with Crippen molar-refractivity contribution in [2.24, 2.45) is 0 Å². The quantitative estimate of drug-likeness (QED) is 0.616. The largest absolute Gasteiger partial charge is 0.357 e. The SMILES string of the molecule is O=c1[nH]c(/C=C/c2cccnc2)c([N+](=O)[O-])c(=O)[nH]1. The maximum atomic E-state index is 11.4. The first-order valence-corrected chi connectivity index (χ1v) is 5.17. The fourth-order valence-electron chi connectivity index (χ4n) is 1.45. The summed E-state index contributed by atoms with van der Waals surface area (Å²) < 4.78 is 0. The molecule has 0 fully saturated rings. The molecule has 0 saturated heterocycles. The molecule has 0 aromatic carbocycles. The third kappa shape index (κ3) is 2.80. The molecule has 0 aliphatic carbocycles. The molecule has 2 heterocycles. The first-order valence-electron chi connectivity index (χ1n) is 5.17. The molecular weight excluding hydrogens is 252 g/mol. The van der Waals surface area contributed by atoms with Crippen LogP contribution in [0.15, 0.2) is 34.1 Å². The van der Waals surface area contributed by atoms with Crippen molar-refractivity contribution in [3.8, 4) is 0 Å². The van der Waals surface area contributed by atoms with Gasteiger partial charge >= 0.3 is 16.9 Å². The summed E-state index contributed by atoms with van der Waals surface area (Å²) in [6.45, 7) is 0. The summed E-state index contributed by atoms with van der Waals surface area (Å²) >= 11 is 0. The van der Waals surface area contributed by atoms with E-state index in [1.165, 1.54) is 18.3 Å². The van der Waals surface area contributed by atoms with Crippen LogP contribution in [-0.4, -0.2) is 19.9 Å². The minimum absolute atomic E-state index is 0.164. The van der Waals surface area contributed by atoms with Crippen LogP contribution in [0.1, 0.15) is 11.3 Å². The molecule has 0 saturated carbocycles. The number of aromatic nitrogens is 3. The number of pyridine rings is 1. The van der Waals surface area contributed by atoms with E-state index in [1.807, 2.05) is 0 Å². The second kappa shape index (κ2) is 5.08. The number of nitro groups is 1. The number of hydrogen-bond donors (Lipinski definition) is 2. The monoisotopic (exact) mass is 260 g/mol. The number of rotatable bonds is 3. The molecule has 0 amide bonds. The first kappa shape index (κ1) is 12.4. The van der Waals surface area contributed by atoms with Gasteiger partial charge in [0, 0.05) is 12.4 Å². The van der Waals surface area contributed by atoms with Crippen LogP contribution in [0, 0.1) is 10.1 Å². The molecule has 0 radical (unpaired) electrons. The van der Waals surface area contributed by atoms with Crippen molar-refractivity contribution in [3.05, 3.63) is 66.7 Å². The number of nitrogens with zero attached hydrogens (tertiary/aromatic N) is 2. The van der Waals surface area contributed by atoms with E-state index in [2.05, 4.69) is 9.97 Å². The third-order valence-electron chi connectivity index (χ3n) is 2.25. The summed E-state index contributed by atoms with van der Waals surface area (Å²) in [5.74, 6) is 0. The van der Waals surface area contributed by atoms with E-state index in [-0.39, 0.29) is 5.69 Å². The molecule has 2 aromatic heterocycles. The van der Waals surface area contributed by atoms with E-state index in [4.69, 9.17) is 0 Å². The maximum Gasteiger partial charge on any atom is 0.357 e. The highest BCUT2D eigenvalue weighted by Crippen LogP contribution is 2.11. The molecule has 19 heavy (non-hydrogen) atoms. The van der Waals surface area contributed by atoms with Crippen LogP contribution >= 0.6 is 0 Å². The van der Waals surface area contributed by atoms with Crippen LogP contribution < -0.4 is 11.2 Å². The van der Waals surface area contributed by atoms with Gasteiger partial charge in [0.05, 0.1) is 4.92 Å². The summed E-state index contributed by atoms with van der Waals surface area (Å²) in [7, 11) is 0. The lowest BCUT2D eigenvalue weighted by atomic mass is 10.2. The number of nitrogens with one attached hydrogen (secondary N) is 2. The Morgan fingerprint density at radius 2 is 2.05 bits per heavy atom. The molecule has 0 aliphatic heterocycles. The fourth-order valence-corrected chi connectivity index (χ4v) is 1.45. The van der Waals surface area contributed by atoms with E-state index in [9.17, 15) is 19.7 Å². The molecule has 0 unspecified atom stereocenters. The summed E-state index contributed by atoms with van der Waals surface area (Å²) in [6, 6.07) is 3.41. The van der Waals surface area contributed by atoms with Crippen LogP contribution in [0.4, 0.5) is 5.69 Å². The van der Waals surface area contributed by atoms with E-state index in [0.717, 1.165) is 0 Å². The van der Waals surface area contributed by atoms with Crippen LogP contribution in [0.2, 0.25) is 0 Å². The number of aromatic amines is 2. The average Bonchev–Trinajstić information content (AvgIpc) is 2.36. The molecule has 8 heteroatoms. The molecule has 0 bridgehead atoms. The molecule has 8 nitrogen and oxygen atoms in total. The zero-order chi connectivity index (χ0) is 13.8. The van der Waals surface area contributed by atoms with Gasteiger partial charge in [0.15, 0.2) is 0 Å². The Kier molecular flexibility index (Phi) is 3.33. The fraction of sp³-hybridized carbons (Fsp3) is 0. The maximum absolute atomic E-state index is 11.4. The van der Waals surface area contributed by atoms with Crippen molar-refractivity contribution in [3.63, 3.8) is 0 Å². The Hall–Kier alpha value is -3.03. The summed E-state index contributed by atoms with van der Waals surface area (Å²) in [4.78, 5) is 40.3. The molecule has 2 rings (SSSR count). The van der Waals surface area contributed by atoms with Gasteiger partial charge in [-0.25, -0.2) is 4.79 Å². The lowest BCUT2D eigenvalue weighted by Gasteiger charge is -1.96. The molecule has 0 spiro atoms. The van der Waals surface area contributed by atoms with Gasteiger partial charge in [-0.1, -0.05) is 12.1 Å². The van der Waals surface area contributed by atoms with Gasteiger partial charge in [-0.3, -0.25) is 24.9 Å². The van der Waals surface area contributed by atoms with Crippen molar-refractivity contribution in [1.82, 2.24) is 15.0 Å². The lowest BCUT2D eigenvalue weighted by molar-refractivity contribution is -0.386. The van der Waals surface area contributed by atoms with Gasteiger partial charge in [0.25, 0.3) is 0 Å². The minimum atomic E-state index is -1.04. The first-order chi connectivity index (χ1) is 9.08. The Balaban J connectivity index is 2.51. The van der Waals surface area contributed by atoms with Crippen molar-refractivity contribution >= 4 is 17.8 Å². The molecule has 0 aliphatic rings. The highest BCUT2D eigenvalue weighted by atomic mass is 16.6. The van der Waals surface area contributed by atoms with Crippen molar-refractivity contribution in [2.45, 2.75) is 0 Å². The van der Waals surface area contributed by atoms with Gasteiger partial charge in [0.2, 0.25) is 0 Å². The van der Waals surface area contributed by atoms with Crippen LogP contribution in [0.3, 0.4) is 0 Å². The molecular formula is C11H8N4O4.